The van der Waals surface area contributed by atoms with Crippen LogP contribution in [0.15, 0.2) is 30.3 Å². The zero-order chi connectivity index (χ0) is 13.7. The molecule has 2 atom stereocenters. The summed E-state index contributed by atoms with van der Waals surface area (Å²) in [6, 6.07) is 11.2. The Labute approximate surface area is 117 Å². The van der Waals surface area contributed by atoms with Gasteiger partial charge in [-0.15, -0.1) is 0 Å². The first kappa shape index (κ1) is 14.5. The van der Waals surface area contributed by atoms with Crippen LogP contribution < -0.4 is 5.73 Å². The molecule has 3 nitrogen and oxygen atoms in total. The topological polar surface area (TPSA) is 32.5 Å². The summed E-state index contributed by atoms with van der Waals surface area (Å²) in [5.74, 6) is 0.499. The highest BCUT2D eigenvalue weighted by atomic mass is 15.3. The second kappa shape index (κ2) is 7.04. The van der Waals surface area contributed by atoms with E-state index in [0.29, 0.717) is 12.0 Å². The van der Waals surface area contributed by atoms with Gasteiger partial charge in [0.25, 0.3) is 0 Å². The van der Waals surface area contributed by atoms with Crippen molar-refractivity contribution in [3.05, 3.63) is 35.9 Å². The third-order valence-electron chi connectivity index (χ3n) is 4.47. The number of nitrogens with zero attached hydrogens (tertiary/aromatic N) is 2. The van der Waals surface area contributed by atoms with Crippen LogP contribution >= 0.6 is 0 Å². The molecule has 0 bridgehead atoms. The average molecular weight is 261 g/mol. The molecule has 2 N–H and O–H groups in total. The maximum absolute atomic E-state index is 6.05. The van der Waals surface area contributed by atoms with Gasteiger partial charge in [-0.05, 0) is 18.0 Å². The van der Waals surface area contributed by atoms with Crippen LogP contribution in [0.4, 0.5) is 0 Å². The van der Waals surface area contributed by atoms with Crippen molar-refractivity contribution in [2.24, 2.45) is 5.73 Å². The van der Waals surface area contributed by atoms with Gasteiger partial charge in [0.05, 0.1) is 0 Å². The number of hydrogen-bond donors (Lipinski definition) is 1. The van der Waals surface area contributed by atoms with Gasteiger partial charge < -0.3 is 10.6 Å². The Bertz CT molecular complexity index is 358. The molecule has 1 aliphatic rings. The molecule has 0 spiro atoms. The predicted molar refractivity (Wildman–Crippen MR) is 81.4 cm³/mol. The summed E-state index contributed by atoms with van der Waals surface area (Å²) in [7, 11) is 0. The molecule has 0 radical (unpaired) electrons. The Balaban J connectivity index is 2.00. The fourth-order valence-electron chi connectivity index (χ4n) is 3.06. The lowest BCUT2D eigenvalue weighted by atomic mass is 9.92. The largest absolute Gasteiger partial charge is 0.329 e. The third-order valence-corrected chi connectivity index (χ3v) is 4.47. The van der Waals surface area contributed by atoms with E-state index in [4.69, 9.17) is 5.73 Å². The summed E-state index contributed by atoms with van der Waals surface area (Å²) >= 11 is 0. The molecule has 1 heterocycles. The van der Waals surface area contributed by atoms with Gasteiger partial charge in [-0.2, -0.15) is 0 Å². The molecule has 1 aliphatic heterocycles. The van der Waals surface area contributed by atoms with Crippen LogP contribution in [-0.4, -0.2) is 55.1 Å². The average Bonchev–Trinajstić information content (AvgIpc) is 2.49. The maximum atomic E-state index is 6.05. The molecule has 1 saturated heterocycles. The molecule has 0 aliphatic carbocycles. The number of likely N-dealkylation sites (N-methyl/N-ethyl adjacent to an activating group) is 1. The van der Waals surface area contributed by atoms with Crippen molar-refractivity contribution < 1.29 is 0 Å². The van der Waals surface area contributed by atoms with Gasteiger partial charge in [0.15, 0.2) is 0 Å². The minimum atomic E-state index is 0.460. The third kappa shape index (κ3) is 3.56. The zero-order valence-electron chi connectivity index (χ0n) is 12.3. The van der Waals surface area contributed by atoms with Gasteiger partial charge in [0.2, 0.25) is 0 Å². The van der Waals surface area contributed by atoms with Gasteiger partial charge in [-0.25, -0.2) is 0 Å². The lowest BCUT2D eigenvalue weighted by molar-refractivity contribution is 0.0924. The predicted octanol–water partition coefficient (Wildman–Crippen LogP) is 1.75. The number of piperazine rings is 1. The molecule has 3 heteroatoms. The standard InChI is InChI=1S/C16H27N3/c1-3-18-9-11-19(12-10-18)16(13-17)14(2)15-7-5-4-6-8-15/h4-8,14,16H,3,9-13,17H2,1-2H3. The van der Waals surface area contributed by atoms with E-state index in [1.807, 2.05) is 0 Å². The summed E-state index contributed by atoms with van der Waals surface area (Å²) in [6.45, 7) is 11.1. The number of benzene rings is 1. The Hall–Kier alpha value is -0.900. The highest BCUT2D eigenvalue weighted by Crippen LogP contribution is 2.23. The Morgan fingerprint density at radius 2 is 1.74 bits per heavy atom. The van der Waals surface area contributed by atoms with Crippen molar-refractivity contribution in [1.82, 2.24) is 9.80 Å². The zero-order valence-corrected chi connectivity index (χ0v) is 12.3. The van der Waals surface area contributed by atoms with Crippen molar-refractivity contribution in [3.8, 4) is 0 Å². The molecule has 1 aromatic carbocycles. The van der Waals surface area contributed by atoms with Gasteiger partial charge in [0, 0.05) is 38.8 Å². The first-order chi connectivity index (χ1) is 9.26. The molecule has 1 aromatic rings. The maximum Gasteiger partial charge on any atom is 0.0285 e. The summed E-state index contributed by atoms with van der Waals surface area (Å²) < 4.78 is 0. The molecule has 106 valence electrons. The number of hydrogen-bond acceptors (Lipinski definition) is 3. The minimum absolute atomic E-state index is 0.460. The molecule has 19 heavy (non-hydrogen) atoms. The highest BCUT2D eigenvalue weighted by molar-refractivity contribution is 5.20. The minimum Gasteiger partial charge on any atom is -0.329 e. The van der Waals surface area contributed by atoms with E-state index in [9.17, 15) is 0 Å². The molecule has 2 unspecified atom stereocenters. The number of rotatable bonds is 5. The number of nitrogens with two attached hydrogens (primary N) is 1. The van der Waals surface area contributed by atoms with E-state index >= 15 is 0 Å². The Morgan fingerprint density at radius 1 is 1.11 bits per heavy atom. The van der Waals surface area contributed by atoms with E-state index in [1.165, 1.54) is 18.7 Å². The normalized spacial score (nSPS) is 21.2. The molecular formula is C16H27N3. The van der Waals surface area contributed by atoms with Crippen LogP contribution in [0, 0.1) is 0 Å². The molecule has 1 fully saturated rings. The fraction of sp³-hybridized carbons (Fsp3) is 0.625. The van der Waals surface area contributed by atoms with Gasteiger partial charge in [-0.1, -0.05) is 44.2 Å². The lowest BCUT2D eigenvalue weighted by Crippen LogP contribution is -2.53. The second-order valence-corrected chi connectivity index (χ2v) is 5.47. The summed E-state index contributed by atoms with van der Waals surface area (Å²) in [4.78, 5) is 5.08. The quantitative estimate of drug-likeness (QED) is 0.876. The van der Waals surface area contributed by atoms with Crippen LogP contribution in [0.1, 0.15) is 25.3 Å². The molecule has 2 rings (SSSR count). The van der Waals surface area contributed by atoms with E-state index in [1.54, 1.807) is 0 Å². The summed E-state index contributed by atoms with van der Waals surface area (Å²) in [6.07, 6.45) is 0. The van der Waals surface area contributed by atoms with Crippen LogP contribution in [-0.2, 0) is 0 Å². The lowest BCUT2D eigenvalue weighted by Gasteiger charge is -2.41. The molecule has 0 saturated carbocycles. The fourth-order valence-corrected chi connectivity index (χ4v) is 3.06. The highest BCUT2D eigenvalue weighted by Gasteiger charge is 2.27. The summed E-state index contributed by atoms with van der Waals surface area (Å²) in [5, 5.41) is 0. The Kier molecular flexibility index (Phi) is 5.37. The van der Waals surface area contributed by atoms with E-state index in [2.05, 4.69) is 54.0 Å². The van der Waals surface area contributed by atoms with Crippen LogP contribution in [0.2, 0.25) is 0 Å². The smallest absolute Gasteiger partial charge is 0.0285 e. The Morgan fingerprint density at radius 3 is 2.26 bits per heavy atom. The van der Waals surface area contributed by atoms with Gasteiger partial charge in [-0.3, -0.25) is 4.90 Å². The van der Waals surface area contributed by atoms with E-state index in [0.717, 1.165) is 26.2 Å². The van der Waals surface area contributed by atoms with Gasteiger partial charge in [0.1, 0.15) is 0 Å². The van der Waals surface area contributed by atoms with Crippen LogP contribution in [0.5, 0.6) is 0 Å². The van der Waals surface area contributed by atoms with E-state index < -0.39 is 0 Å². The first-order valence-corrected chi connectivity index (χ1v) is 7.47. The molecular weight excluding hydrogens is 234 g/mol. The van der Waals surface area contributed by atoms with Gasteiger partial charge >= 0.3 is 0 Å². The monoisotopic (exact) mass is 261 g/mol. The van der Waals surface area contributed by atoms with Crippen molar-refractivity contribution in [2.45, 2.75) is 25.8 Å². The first-order valence-electron chi connectivity index (χ1n) is 7.47. The summed E-state index contributed by atoms with van der Waals surface area (Å²) in [5.41, 5.74) is 7.45. The SMILES string of the molecule is CCN1CCN(C(CN)C(C)c2ccccc2)CC1. The van der Waals surface area contributed by atoms with Crippen LogP contribution in [0.25, 0.3) is 0 Å². The van der Waals surface area contributed by atoms with Crippen molar-refractivity contribution in [3.63, 3.8) is 0 Å². The van der Waals surface area contributed by atoms with Crippen molar-refractivity contribution in [1.29, 1.82) is 0 Å². The van der Waals surface area contributed by atoms with Crippen molar-refractivity contribution >= 4 is 0 Å². The molecule has 0 aromatic heterocycles. The van der Waals surface area contributed by atoms with E-state index in [-0.39, 0.29) is 0 Å². The second-order valence-electron chi connectivity index (χ2n) is 5.47. The molecule has 0 amide bonds. The van der Waals surface area contributed by atoms with Crippen LogP contribution in [0.3, 0.4) is 0 Å². The van der Waals surface area contributed by atoms with Crippen molar-refractivity contribution in [2.75, 3.05) is 39.3 Å².